The number of nitrogens with zero attached hydrogens (tertiary/aromatic N) is 2. The molecule has 0 unspecified atom stereocenters. The Morgan fingerprint density at radius 3 is 2.53 bits per heavy atom. The Kier molecular flexibility index (Phi) is 3.79. The van der Waals surface area contributed by atoms with Crippen LogP contribution in [0.5, 0.6) is 5.75 Å². The number of amides is 1. The molecule has 100 valence electrons. The SMILES string of the molecule is COc1ccc(-c2nonc2NC(=O)C(C)C)cc1. The van der Waals surface area contributed by atoms with Gasteiger partial charge in [0.1, 0.15) is 5.75 Å². The Morgan fingerprint density at radius 2 is 1.95 bits per heavy atom. The van der Waals surface area contributed by atoms with Crippen LogP contribution in [0, 0.1) is 5.92 Å². The maximum absolute atomic E-state index is 11.7. The number of nitrogens with one attached hydrogen (secondary N) is 1. The number of rotatable bonds is 4. The van der Waals surface area contributed by atoms with E-state index in [0.29, 0.717) is 11.5 Å². The van der Waals surface area contributed by atoms with Crippen LogP contribution in [0.3, 0.4) is 0 Å². The monoisotopic (exact) mass is 261 g/mol. The summed E-state index contributed by atoms with van der Waals surface area (Å²) in [6.07, 6.45) is 0. The van der Waals surface area contributed by atoms with E-state index in [0.717, 1.165) is 11.3 Å². The lowest BCUT2D eigenvalue weighted by atomic mass is 10.1. The van der Waals surface area contributed by atoms with Gasteiger partial charge < -0.3 is 10.1 Å². The van der Waals surface area contributed by atoms with Gasteiger partial charge in [0.15, 0.2) is 5.69 Å². The maximum Gasteiger partial charge on any atom is 0.228 e. The molecule has 0 atom stereocenters. The van der Waals surface area contributed by atoms with Gasteiger partial charge in [-0.3, -0.25) is 4.79 Å². The molecule has 1 amide bonds. The number of methoxy groups -OCH3 is 1. The van der Waals surface area contributed by atoms with E-state index in [9.17, 15) is 4.79 Å². The lowest BCUT2D eigenvalue weighted by Crippen LogP contribution is -2.18. The molecule has 0 radical (unpaired) electrons. The summed E-state index contributed by atoms with van der Waals surface area (Å²) in [5, 5.41) is 10.2. The molecular weight excluding hydrogens is 246 g/mol. The third-order valence-corrected chi connectivity index (χ3v) is 2.62. The highest BCUT2D eigenvalue weighted by Crippen LogP contribution is 2.26. The predicted molar refractivity (Wildman–Crippen MR) is 69.8 cm³/mol. The number of carbonyl (C=O) groups is 1. The molecule has 6 nitrogen and oxygen atoms in total. The van der Waals surface area contributed by atoms with Crippen LogP contribution in [-0.4, -0.2) is 23.3 Å². The smallest absolute Gasteiger partial charge is 0.228 e. The number of hydrogen-bond donors (Lipinski definition) is 1. The normalized spacial score (nSPS) is 10.5. The van der Waals surface area contributed by atoms with Crippen LogP contribution >= 0.6 is 0 Å². The average Bonchev–Trinajstić information content (AvgIpc) is 2.87. The fourth-order valence-electron chi connectivity index (χ4n) is 1.47. The van der Waals surface area contributed by atoms with Crippen molar-refractivity contribution in [3.8, 4) is 17.0 Å². The van der Waals surface area contributed by atoms with Crippen molar-refractivity contribution in [1.29, 1.82) is 0 Å². The van der Waals surface area contributed by atoms with Gasteiger partial charge in [0, 0.05) is 11.5 Å². The minimum atomic E-state index is -0.139. The molecule has 0 spiro atoms. The van der Waals surface area contributed by atoms with E-state index in [4.69, 9.17) is 9.37 Å². The number of hydrogen-bond acceptors (Lipinski definition) is 5. The second-order valence-corrected chi connectivity index (χ2v) is 4.33. The Hall–Kier alpha value is -2.37. The van der Waals surface area contributed by atoms with Crippen LogP contribution in [0.25, 0.3) is 11.3 Å². The molecule has 0 bridgehead atoms. The summed E-state index contributed by atoms with van der Waals surface area (Å²) in [7, 11) is 1.60. The summed E-state index contributed by atoms with van der Waals surface area (Å²) in [6.45, 7) is 3.60. The van der Waals surface area contributed by atoms with Gasteiger partial charge in [0.25, 0.3) is 0 Å². The molecule has 0 fully saturated rings. The van der Waals surface area contributed by atoms with E-state index < -0.39 is 0 Å². The van der Waals surface area contributed by atoms with Gasteiger partial charge in [0.2, 0.25) is 11.7 Å². The predicted octanol–water partition coefficient (Wildman–Crippen LogP) is 2.34. The number of benzene rings is 1. The van der Waals surface area contributed by atoms with E-state index in [1.807, 2.05) is 12.1 Å². The minimum Gasteiger partial charge on any atom is -0.497 e. The molecule has 1 aromatic heterocycles. The number of carbonyl (C=O) groups excluding carboxylic acids is 1. The number of anilines is 1. The fraction of sp³-hybridized carbons (Fsp3) is 0.308. The second kappa shape index (κ2) is 5.51. The first-order valence-corrected chi connectivity index (χ1v) is 5.89. The van der Waals surface area contributed by atoms with Crippen LogP contribution in [-0.2, 0) is 4.79 Å². The van der Waals surface area contributed by atoms with Gasteiger partial charge in [-0.1, -0.05) is 13.8 Å². The Balaban J connectivity index is 2.25. The van der Waals surface area contributed by atoms with Crippen molar-refractivity contribution < 1.29 is 14.2 Å². The highest BCUT2D eigenvalue weighted by atomic mass is 16.6. The molecule has 6 heteroatoms. The molecule has 2 rings (SSSR count). The second-order valence-electron chi connectivity index (χ2n) is 4.33. The van der Waals surface area contributed by atoms with Gasteiger partial charge in [-0.2, -0.15) is 0 Å². The summed E-state index contributed by atoms with van der Waals surface area (Å²) >= 11 is 0. The van der Waals surface area contributed by atoms with E-state index >= 15 is 0 Å². The number of aromatic nitrogens is 2. The number of ether oxygens (including phenoxy) is 1. The van der Waals surface area contributed by atoms with Crippen LogP contribution in [0.1, 0.15) is 13.8 Å². The van der Waals surface area contributed by atoms with Gasteiger partial charge >= 0.3 is 0 Å². The minimum absolute atomic E-state index is 0.134. The molecule has 0 aliphatic heterocycles. The van der Waals surface area contributed by atoms with Crippen molar-refractivity contribution in [2.24, 2.45) is 5.92 Å². The summed E-state index contributed by atoms with van der Waals surface area (Å²) in [4.78, 5) is 11.7. The molecule has 1 heterocycles. The van der Waals surface area contributed by atoms with Crippen molar-refractivity contribution in [2.75, 3.05) is 12.4 Å². The van der Waals surface area contributed by atoms with Crippen molar-refractivity contribution >= 4 is 11.7 Å². The van der Waals surface area contributed by atoms with Crippen molar-refractivity contribution in [3.05, 3.63) is 24.3 Å². The highest BCUT2D eigenvalue weighted by Gasteiger charge is 2.16. The average molecular weight is 261 g/mol. The topological polar surface area (TPSA) is 77.2 Å². The standard InChI is InChI=1S/C13H15N3O3/c1-8(2)13(17)14-12-11(15-19-16-12)9-4-6-10(18-3)7-5-9/h4-8H,1-3H3,(H,14,16,17). The Labute approximate surface area is 110 Å². The maximum atomic E-state index is 11.7. The lowest BCUT2D eigenvalue weighted by Gasteiger charge is -2.05. The van der Waals surface area contributed by atoms with Crippen molar-refractivity contribution in [2.45, 2.75) is 13.8 Å². The first-order chi connectivity index (χ1) is 9.11. The van der Waals surface area contributed by atoms with Crippen molar-refractivity contribution in [1.82, 2.24) is 10.3 Å². The fourth-order valence-corrected chi connectivity index (χ4v) is 1.47. The third kappa shape index (κ3) is 2.90. The largest absolute Gasteiger partial charge is 0.497 e. The first kappa shape index (κ1) is 13.1. The van der Waals surface area contributed by atoms with Crippen molar-refractivity contribution in [3.63, 3.8) is 0 Å². The highest BCUT2D eigenvalue weighted by molar-refractivity contribution is 5.94. The molecule has 1 aromatic carbocycles. The summed E-state index contributed by atoms with van der Waals surface area (Å²) in [5.74, 6) is 0.794. The Morgan fingerprint density at radius 1 is 1.26 bits per heavy atom. The molecule has 0 aliphatic carbocycles. The summed E-state index contributed by atoms with van der Waals surface area (Å²) < 4.78 is 9.77. The van der Waals surface area contributed by atoms with E-state index in [2.05, 4.69) is 15.6 Å². The molecule has 19 heavy (non-hydrogen) atoms. The van der Waals surface area contributed by atoms with Crippen LogP contribution in [0.4, 0.5) is 5.82 Å². The zero-order valence-corrected chi connectivity index (χ0v) is 11.0. The molecule has 0 saturated carbocycles. The van der Waals surface area contributed by atoms with Crippen LogP contribution in [0.2, 0.25) is 0 Å². The lowest BCUT2D eigenvalue weighted by molar-refractivity contribution is -0.118. The zero-order chi connectivity index (χ0) is 13.8. The molecule has 2 aromatic rings. The molecule has 1 N–H and O–H groups in total. The van der Waals surface area contributed by atoms with Crippen LogP contribution < -0.4 is 10.1 Å². The Bertz CT molecular complexity index is 561. The first-order valence-electron chi connectivity index (χ1n) is 5.89. The van der Waals surface area contributed by atoms with Gasteiger partial charge in [-0.05, 0) is 34.6 Å². The van der Waals surface area contributed by atoms with Gasteiger partial charge in [-0.25, -0.2) is 4.63 Å². The quantitative estimate of drug-likeness (QED) is 0.914. The molecular formula is C13H15N3O3. The summed E-state index contributed by atoms with van der Waals surface area (Å²) in [5.41, 5.74) is 1.29. The van der Waals surface area contributed by atoms with Gasteiger partial charge in [-0.15, -0.1) is 0 Å². The zero-order valence-electron chi connectivity index (χ0n) is 11.0. The van der Waals surface area contributed by atoms with Crippen LogP contribution in [0.15, 0.2) is 28.9 Å². The van der Waals surface area contributed by atoms with Gasteiger partial charge in [0.05, 0.1) is 7.11 Å². The van der Waals surface area contributed by atoms with E-state index in [1.165, 1.54) is 0 Å². The third-order valence-electron chi connectivity index (χ3n) is 2.62. The van der Waals surface area contributed by atoms with E-state index in [-0.39, 0.29) is 11.8 Å². The van der Waals surface area contributed by atoms with E-state index in [1.54, 1.807) is 33.1 Å². The molecule has 0 saturated heterocycles. The molecule has 0 aliphatic rings. The summed E-state index contributed by atoms with van der Waals surface area (Å²) in [6, 6.07) is 7.25.